The molecule has 2 aromatic rings. The normalized spacial score (nSPS) is 12.6. The fourth-order valence-electron chi connectivity index (χ4n) is 2.81. The third-order valence-electron chi connectivity index (χ3n) is 4.20. The molecule has 0 saturated carbocycles. The van der Waals surface area contributed by atoms with Crippen LogP contribution in [0.4, 0.5) is 4.79 Å². The second-order valence-corrected chi connectivity index (χ2v) is 12.8. The van der Waals surface area contributed by atoms with Gasteiger partial charge in [0, 0.05) is 0 Å². The van der Waals surface area contributed by atoms with Gasteiger partial charge < -0.3 is 0 Å². The van der Waals surface area contributed by atoms with Gasteiger partial charge >= 0.3 is 192 Å². The van der Waals surface area contributed by atoms with Gasteiger partial charge in [-0.2, -0.15) is 0 Å². The van der Waals surface area contributed by atoms with E-state index < -0.39 is 43.7 Å². The van der Waals surface area contributed by atoms with Crippen LogP contribution >= 0.6 is 20.1 Å². The molecule has 7 heteroatoms. The maximum atomic E-state index is 12.4. The summed E-state index contributed by atoms with van der Waals surface area (Å²) in [4.78, 5) is 24.6. The van der Waals surface area contributed by atoms with Crippen LogP contribution in [0.15, 0.2) is 54.6 Å². The summed E-state index contributed by atoms with van der Waals surface area (Å²) in [5.41, 5.74) is 2.71. The molecule has 0 spiro atoms. The molecule has 2 N–H and O–H groups in total. The number of amides is 1. The maximum absolute atomic E-state index is 12.4. The van der Waals surface area contributed by atoms with Gasteiger partial charge in [0.05, 0.1) is 0 Å². The first kappa shape index (κ1) is 25.1. The molecule has 0 bridgehead atoms. The van der Waals surface area contributed by atoms with Crippen LogP contribution < -0.4 is 3.53 Å². The van der Waals surface area contributed by atoms with E-state index in [1.165, 1.54) is 0 Å². The fourth-order valence-corrected chi connectivity index (χ4v) is 7.76. The van der Waals surface area contributed by atoms with Crippen LogP contribution in [-0.4, -0.2) is 40.4 Å². The average molecular weight is 541 g/mol. The fraction of sp³-hybridized carbons (Fsp3) is 0.417. The molecule has 6 nitrogen and oxygen atoms in total. The van der Waals surface area contributed by atoms with Gasteiger partial charge in [-0.05, 0) is 0 Å². The van der Waals surface area contributed by atoms with Crippen LogP contribution in [0.1, 0.15) is 33.3 Å². The van der Waals surface area contributed by atoms with Crippen molar-refractivity contribution in [2.75, 3.05) is 17.6 Å². The summed E-state index contributed by atoms with van der Waals surface area (Å²) in [5.74, 6) is -1.08. The summed E-state index contributed by atoms with van der Waals surface area (Å²) in [7, 11) is 0. The quantitative estimate of drug-likeness (QED) is 0.203. The average Bonchev–Trinajstić information content (AvgIpc) is 2.71. The molecule has 0 aliphatic carbocycles. The number of rotatable bonds is 9. The number of aliphatic hydroxyl groups excluding tert-OH is 1. The molecular formula is C24H32INO5. The van der Waals surface area contributed by atoms with E-state index in [1.807, 2.05) is 51.1 Å². The standard InChI is InChI=1S/C24H32INO5/c1-5-30-22(28)21(17-27)16-25(26-23(29)31-24(2,3)4)15-18-11-13-20(14-12-18)19-9-7-6-8-10-19/h6-14,21,27H,5,15-17H2,1-4H3,(H,26,29)/t21-/m1/s1. The Morgan fingerprint density at radius 1 is 1.03 bits per heavy atom. The first-order valence-corrected chi connectivity index (χ1v) is 14.4. The topological polar surface area (TPSA) is 84.9 Å². The Hall–Kier alpha value is -2.13. The van der Waals surface area contributed by atoms with Gasteiger partial charge in [-0.15, -0.1) is 0 Å². The zero-order chi connectivity index (χ0) is 22.9. The molecule has 0 saturated heterocycles. The Kier molecular flexibility index (Phi) is 9.77. The number of benzene rings is 2. The zero-order valence-corrected chi connectivity index (χ0v) is 20.7. The van der Waals surface area contributed by atoms with Gasteiger partial charge in [-0.1, -0.05) is 0 Å². The minimum absolute atomic E-state index is 0.254. The summed E-state index contributed by atoms with van der Waals surface area (Å²) in [5, 5.41) is 9.70. The molecule has 31 heavy (non-hydrogen) atoms. The number of esters is 1. The Labute approximate surface area is 192 Å². The summed E-state index contributed by atoms with van der Waals surface area (Å²) in [6.45, 7) is 7.10. The van der Waals surface area contributed by atoms with Crippen LogP contribution in [0.5, 0.6) is 0 Å². The first-order chi connectivity index (χ1) is 14.7. The zero-order valence-electron chi connectivity index (χ0n) is 18.6. The SMILES string of the molecule is CCOC(=O)[C@@H](CO)CI(Cc1ccc(-c2ccccc2)cc1)NC(=O)OC(C)(C)C. The summed E-state index contributed by atoms with van der Waals surface area (Å²) in [6, 6.07) is 18.3. The summed E-state index contributed by atoms with van der Waals surface area (Å²) in [6.07, 6.45) is -0.487. The number of halogens is 1. The van der Waals surface area contributed by atoms with Crippen molar-refractivity contribution in [2.45, 2.75) is 37.7 Å². The van der Waals surface area contributed by atoms with Crippen LogP contribution in [-0.2, 0) is 18.7 Å². The number of aliphatic hydroxyl groups is 1. The van der Waals surface area contributed by atoms with Gasteiger partial charge in [0.2, 0.25) is 0 Å². The van der Waals surface area contributed by atoms with Crippen LogP contribution in [0, 0.1) is 5.92 Å². The Morgan fingerprint density at radius 3 is 2.19 bits per heavy atom. The second-order valence-electron chi connectivity index (χ2n) is 8.04. The summed E-state index contributed by atoms with van der Waals surface area (Å²) < 4.78 is 14.6. The molecule has 0 aliphatic heterocycles. The van der Waals surface area contributed by atoms with E-state index in [2.05, 4.69) is 27.8 Å². The van der Waals surface area contributed by atoms with E-state index in [9.17, 15) is 14.7 Å². The van der Waals surface area contributed by atoms with Crippen molar-refractivity contribution >= 4 is 32.2 Å². The van der Waals surface area contributed by atoms with E-state index in [1.54, 1.807) is 6.92 Å². The van der Waals surface area contributed by atoms with Gasteiger partial charge in [-0.25, -0.2) is 0 Å². The van der Waals surface area contributed by atoms with Gasteiger partial charge in [0.25, 0.3) is 0 Å². The molecule has 2 rings (SSSR count). The Balaban J connectivity index is 2.14. The molecule has 0 fully saturated rings. The molecule has 0 aromatic heterocycles. The van der Waals surface area contributed by atoms with E-state index in [0.29, 0.717) is 8.86 Å². The van der Waals surface area contributed by atoms with Crippen molar-refractivity contribution in [1.29, 1.82) is 0 Å². The molecule has 1 amide bonds. The molecule has 170 valence electrons. The number of hydrogen-bond acceptors (Lipinski definition) is 5. The molecule has 0 unspecified atom stereocenters. The number of alkyl halides is 2. The molecular weight excluding hydrogens is 509 g/mol. The van der Waals surface area contributed by atoms with Crippen molar-refractivity contribution in [2.24, 2.45) is 5.92 Å². The van der Waals surface area contributed by atoms with Crippen molar-refractivity contribution in [3.05, 3.63) is 60.2 Å². The molecule has 0 aliphatic rings. The van der Waals surface area contributed by atoms with Gasteiger partial charge in [0.15, 0.2) is 0 Å². The molecule has 1 atom stereocenters. The minimum atomic E-state index is -2.25. The predicted octanol–water partition coefficient (Wildman–Crippen LogP) is 4.97. The number of nitrogens with one attached hydrogen (secondary N) is 1. The van der Waals surface area contributed by atoms with Crippen LogP contribution in [0.3, 0.4) is 0 Å². The third kappa shape index (κ3) is 8.86. The number of carbonyl (C=O) groups excluding carboxylic acids is 2. The third-order valence-corrected chi connectivity index (χ3v) is 9.33. The van der Waals surface area contributed by atoms with Crippen molar-refractivity contribution < 1.29 is 24.2 Å². The molecule has 2 aromatic carbocycles. The number of ether oxygens (including phenoxy) is 2. The monoisotopic (exact) mass is 541 g/mol. The van der Waals surface area contributed by atoms with Crippen molar-refractivity contribution in [1.82, 2.24) is 3.53 Å². The second kappa shape index (κ2) is 12.0. The van der Waals surface area contributed by atoms with Gasteiger partial charge in [-0.3, -0.25) is 0 Å². The van der Waals surface area contributed by atoms with E-state index in [0.717, 1.165) is 16.7 Å². The predicted molar refractivity (Wildman–Crippen MR) is 131 cm³/mol. The van der Waals surface area contributed by atoms with Crippen LogP contribution in [0.2, 0.25) is 0 Å². The molecule has 0 radical (unpaired) electrons. The Morgan fingerprint density at radius 2 is 1.65 bits per heavy atom. The van der Waals surface area contributed by atoms with Crippen molar-refractivity contribution in [3.63, 3.8) is 0 Å². The number of hydrogen-bond donors (Lipinski definition) is 2. The Bertz CT molecular complexity index is 833. The van der Waals surface area contributed by atoms with E-state index in [4.69, 9.17) is 9.47 Å². The van der Waals surface area contributed by atoms with Crippen molar-refractivity contribution in [3.8, 4) is 11.1 Å². The first-order valence-electron chi connectivity index (χ1n) is 10.2. The molecule has 0 heterocycles. The van der Waals surface area contributed by atoms with Gasteiger partial charge in [0.1, 0.15) is 0 Å². The van der Waals surface area contributed by atoms with Crippen LogP contribution in [0.25, 0.3) is 11.1 Å². The summed E-state index contributed by atoms with van der Waals surface area (Å²) >= 11 is -2.25. The number of carbonyl (C=O) groups is 2. The van der Waals surface area contributed by atoms with E-state index in [-0.39, 0.29) is 13.2 Å². The van der Waals surface area contributed by atoms with E-state index >= 15 is 0 Å².